The maximum Gasteiger partial charge on any atom is 0.470 e. The smallest absolute Gasteiger partial charge is 0.470 e. The van der Waals surface area contributed by atoms with Gasteiger partial charge in [0.15, 0.2) is 22.9 Å². The van der Waals surface area contributed by atoms with Crippen molar-refractivity contribution >= 4 is 64.7 Å². The Morgan fingerprint density at radius 1 is 1.09 bits per heavy atom. The number of anilines is 1. The molecule has 0 bridgehead atoms. The largest absolute Gasteiger partial charge is 0.481 e. The minimum absolute atomic E-state index is 0.0518. The molecular weight excluding hydrogens is 925 g/mol. The number of ether oxygens (including phenoxy) is 2. The fourth-order valence-corrected chi connectivity index (χ4v) is 11.5. The van der Waals surface area contributed by atoms with Gasteiger partial charge in [-0.15, -0.1) is 0 Å². The van der Waals surface area contributed by atoms with E-state index < -0.39 is 104 Å². The van der Waals surface area contributed by atoms with E-state index in [0.717, 1.165) is 5.57 Å². The van der Waals surface area contributed by atoms with Crippen LogP contribution in [0, 0.1) is 28.6 Å². The Labute approximate surface area is 375 Å². The van der Waals surface area contributed by atoms with Crippen molar-refractivity contribution in [3.63, 3.8) is 0 Å². The van der Waals surface area contributed by atoms with Crippen molar-refractivity contribution in [2.75, 3.05) is 23.8 Å². The third-order valence-corrected chi connectivity index (χ3v) is 14.8. The van der Waals surface area contributed by atoms with Gasteiger partial charge in [0.1, 0.15) is 12.6 Å². The van der Waals surface area contributed by atoms with Gasteiger partial charge in [-0.2, -0.15) is 0 Å². The highest BCUT2D eigenvalue weighted by molar-refractivity contribution is 9.09. The predicted molar refractivity (Wildman–Crippen MR) is 226 cm³/mol. The molecule has 21 heteroatoms. The summed E-state index contributed by atoms with van der Waals surface area (Å²) in [6.45, 7) is 1.97. The summed E-state index contributed by atoms with van der Waals surface area (Å²) in [6.07, 6.45) is 4.55. The summed E-state index contributed by atoms with van der Waals surface area (Å²) in [5, 5.41) is 38.8. The van der Waals surface area contributed by atoms with Gasteiger partial charge in [-0.1, -0.05) is 53.6 Å². The molecule has 0 spiro atoms. The van der Waals surface area contributed by atoms with Crippen molar-refractivity contribution < 1.29 is 76.9 Å². The Hall–Kier alpha value is -4.37. The van der Waals surface area contributed by atoms with E-state index in [4.69, 9.17) is 18.4 Å². The van der Waals surface area contributed by atoms with E-state index in [-0.39, 0.29) is 59.6 Å². The molecule has 1 aliphatic heterocycles. The molecule has 1 aromatic heterocycles. The van der Waals surface area contributed by atoms with Crippen LogP contribution in [0.25, 0.3) is 0 Å². The third kappa shape index (κ3) is 9.21. The molecule has 1 aromatic carbocycles. The highest BCUT2D eigenvalue weighted by Crippen LogP contribution is 2.70. The van der Waals surface area contributed by atoms with Crippen molar-refractivity contribution in [3.05, 3.63) is 76.8 Å². The second kappa shape index (κ2) is 18.5. The molecule has 0 unspecified atom stereocenters. The van der Waals surface area contributed by atoms with Crippen LogP contribution >= 0.6 is 23.8 Å². The first-order valence-corrected chi connectivity index (χ1v) is 23.5. The van der Waals surface area contributed by atoms with Crippen molar-refractivity contribution in [1.29, 1.82) is 0 Å². The number of aliphatic carboxylic acids is 1. The van der Waals surface area contributed by atoms with Crippen LogP contribution in [0.15, 0.2) is 58.7 Å². The Morgan fingerprint density at radius 3 is 2.56 bits per heavy atom. The van der Waals surface area contributed by atoms with Gasteiger partial charge >= 0.3 is 13.8 Å². The number of carboxylic acid groups (broad SMARTS) is 1. The molecule has 8 N–H and O–H groups in total. The summed E-state index contributed by atoms with van der Waals surface area (Å²) in [5.74, 6) is -4.44. The Kier molecular flexibility index (Phi) is 13.7. The third-order valence-electron chi connectivity index (χ3n) is 13.8. The average Bonchev–Trinajstić information content (AvgIpc) is 3.93. The molecule has 1 saturated heterocycles. The zero-order valence-corrected chi connectivity index (χ0v) is 37.5. The van der Waals surface area contributed by atoms with Crippen LogP contribution < -0.4 is 16.0 Å². The number of fused-ring (bicyclic) bond motifs is 7. The summed E-state index contributed by atoms with van der Waals surface area (Å²) in [7, 11) is -5.08. The average molecular weight is 977 g/mol. The number of phosphoric ester groups is 1. The summed E-state index contributed by atoms with van der Waals surface area (Å²) in [6, 6.07) is 5.24. The first kappa shape index (κ1) is 47.6. The van der Waals surface area contributed by atoms with Gasteiger partial charge in [-0.3, -0.25) is 33.3 Å². The van der Waals surface area contributed by atoms with Crippen LogP contribution in [0.4, 0.5) is 5.69 Å². The molecule has 2 aromatic rings. The number of halogens is 1. The maximum absolute atomic E-state index is 14.4. The topological polar surface area (TPSA) is 298 Å². The molecular formula is C43H51BrN3O16P. The number of Topliss-reactive ketones (excluding diaryl/α,β-unsaturated/α-hetero) is 1. The second-order valence-corrected chi connectivity index (χ2v) is 19.4. The van der Waals surface area contributed by atoms with Crippen molar-refractivity contribution in [1.82, 2.24) is 10.6 Å². The monoisotopic (exact) mass is 975 g/mol. The molecule has 64 heavy (non-hydrogen) atoms. The number of carbonyl (C=O) groups is 6. The first-order chi connectivity index (χ1) is 30.2. The molecule has 346 valence electrons. The Balaban J connectivity index is 1.10. The summed E-state index contributed by atoms with van der Waals surface area (Å²) in [5.41, 5.74) is -0.778. The molecule has 0 radical (unpaired) electrons. The zero-order chi connectivity index (χ0) is 46.4. The molecule has 3 saturated carbocycles. The summed E-state index contributed by atoms with van der Waals surface area (Å²) >= 11 is 2.97. The molecule has 2 heterocycles. The molecule has 10 atom stereocenters. The van der Waals surface area contributed by atoms with Crippen molar-refractivity contribution in [3.8, 4) is 0 Å². The predicted octanol–water partition coefficient (Wildman–Crippen LogP) is 2.88. The van der Waals surface area contributed by atoms with Crippen LogP contribution in [0.3, 0.4) is 0 Å². The lowest BCUT2D eigenvalue weighted by molar-refractivity contribution is -0.203. The minimum atomic E-state index is -5.08. The number of aliphatic hydroxyl groups excluding tert-OH is 2. The molecule has 5 aliphatic rings. The van der Waals surface area contributed by atoms with E-state index >= 15 is 0 Å². The molecule has 19 nitrogen and oxygen atoms in total. The Morgan fingerprint density at radius 2 is 1.86 bits per heavy atom. The van der Waals surface area contributed by atoms with Gasteiger partial charge in [0, 0.05) is 40.8 Å². The van der Waals surface area contributed by atoms with Gasteiger partial charge in [0.25, 0.3) is 0 Å². The zero-order valence-electron chi connectivity index (χ0n) is 35.0. The fraction of sp³-hybridized carbons (Fsp3) is 0.535. The van der Waals surface area contributed by atoms with E-state index in [1.807, 2.05) is 19.9 Å². The number of alkyl halides is 1. The quantitative estimate of drug-likeness (QED) is 0.0835. The van der Waals surface area contributed by atoms with Crippen molar-refractivity contribution in [2.24, 2.45) is 28.6 Å². The first-order valence-electron chi connectivity index (χ1n) is 20.8. The highest BCUT2D eigenvalue weighted by atomic mass is 79.9. The lowest BCUT2D eigenvalue weighted by Crippen LogP contribution is -2.63. The van der Waals surface area contributed by atoms with Gasteiger partial charge in [-0.05, 0) is 79.4 Å². The minimum Gasteiger partial charge on any atom is -0.481 e. The second-order valence-electron chi connectivity index (χ2n) is 17.6. The van der Waals surface area contributed by atoms with E-state index in [2.05, 4.69) is 31.9 Å². The number of amides is 3. The number of carbonyl (C=O) groups excluding carboxylic acids is 5. The number of furan rings is 1. The number of nitrogens with one attached hydrogen (secondary N) is 3. The number of rotatable bonds is 17. The Bertz CT molecular complexity index is 2330. The number of ketones is 2. The van der Waals surface area contributed by atoms with Crippen LogP contribution in [-0.4, -0.2) is 103 Å². The molecule has 7 rings (SSSR count). The van der Waals surface area contributed by atoms with Crippen LogP contribution in [0.1, 0.15) is 81.1 Å². The van der Waals surface area contributed by atoms with Crippen LogP contribution in [0.5, 0.6) is 0 Å². The number of aliphatic hydroxyl groups is 2. The van der Waals surface area contributed by atoms with Crippen molar-refractivity contribution in [2.45, 2.75) is 95.5 Å². The maximum atomic E-state index is 14.4. The molecule has 4 fully saturated rings. The molecule has 4 aliphatic carbocycles. The summed E-state index contributed by atoms with van der Waals surface area (Å²) < 4.78 is 35.7. The van der Waals surface area contributed by atoms with E-state index in [9.17, 15) is 58.4 Å². The lowest BCUT2D eigenvalue weighted by Gasteiger charge is -2.59. The number of allylic oxidation sites excluding steroid dienone is 4. The molecule has 3 amide bonds. The van der Waals surface area contributed by atoms with Gasteiger partial charge < -0.3 is 54.9 Å². The van der Waals surface area contributed by atoms with E-state index in [1.54, 1.807) is 30.3 Å². The number of hydrogen-bond acceptors (Lipinski definition) is 13. The highest BCUT2D eigenvalue weighted by Gasteiger charge is 2.76. The van der Waals surface area contributed by atoms with E-state index in [0.29, 0.717) is 36.0 Å². The van der Waals surface area contributed by atoms with Crippen LogP contribution in [-0.2, 0) is 60.4 Å². The normalized spacial score (nSPS) is 30.9. The number of hydrogen-bond donors (Lipinski definition) is 8. The fourth-order valence-electron chi connectivity index (χ4n) is 11.0. The SMILES string of the molecule is C[C@]12C=CC(=O)C=C1CC[C@@H]1[C@@H]2[C@@H](O)C[C@@]2(C)[C@H]1C[C@H]1O[C@@H](c3cc(Cc4ccc(CO)c(NC(=O)[C@H](CCC(=O)O)NC(=O)CNC(=O)CBr)c4)co3)O[C@]12C(=O)COP(=O)(O)O. The lowest BCUT2D eigenvalue weighted by atomic mass is 9.46. The summed E-state index contributed by atoms with van der Waals surface area (Å²) in [4.78, 5) is 94.7. The van der Waals surface area contributed by atoms with E-state index in [1.165, 1.54) is 12.3 Å². The van der Waals surface area contributed by atoms with Gasteiger partial charge in [0.05, 0.1) is 37.0 Å². The van der Waals surface area contributed by atoms with Gasteiger partial charge in [-0.25, -0.2) is 4.57 Å². The standard InChI is InChI=1S/C43H51BrN3O16P/c1-41-10-9-26(49)14-25(41)5-6-27-28-15-34-43(33(51)21-61-64(57,58)59,42(28,2)16-31(50)38(27)41)63-40(62-34)32-13-23(20-60-32)11-22-3-4-24(19-48)30(12-22)47-39(56)29(7-8-37(54)55)46-36(53)18-45-35(52)17-44/h3-4,9-10,12-14,20,27-29,31,34,38,40,48,50H,5-8,11,15-19,21H2,1-2H3,(H,45,52)(H,46,53)(H,47,56)(H,54,55)(H2,57,58,59)/t27-,28-,29-,31-,34+,38+,40+,41-,42-,43+/m0/s1. The van der Waals surface area contributed by atoms with Crippen LogP contribution in [0.2, 0.25) is 0 Å². The number of carboxylic acids is 1. The number of phosphoric acid groups is 1. The van der Waals surface area contributed by atoms with Gasteiger partial charge in [0.2, 0.25) is 24.0 Å². The number of benzene rings is 1.